The Morgan fingerprint density at radius 1 is 1.22 bits per heavy atom. The summed E-state index contributed by atoms with van der Waals surface area (Å²) in [6.07, 6.45) is 0.511. The summed E-state index contributed by atoms with van der Waals surface area (Å²) in [5, 5.41) is 13.7. The van der Waals surface area contributed by atoms with Gasteiger partial charge < -0.3 is 15.7 Å². The van der Waals surface area contributed by atoms with Crippen molar-refractivity contribution in [3.05, 3.63) is 35.4 Å². The lowest BCUT2D eigenvalue weighted by Crippen LogP contribution is -2.37. The zero-order valence-corrected chi connectivity index (χ0v) is 10.4. The summed E-state index contributed by atoms with van der Waals surface area (Å²) >= 11 is 0. The van der Waals surface area contributed by atoms with Crippen LogP contribution < -0.4 is 10.6 Å². The molecule has 0 saturated heterocycles. The fourth-order valence-electron chi connectivity index (χ4n) is 1.45. The van der Waals surface area contributed by atoms with Gasteiger partial charge in [0.1, 0.15) is 0 Å². The second-order valence-electron chi connectivity index (χ2n) is 3.92. The first-order valence-electron chi connectivity index (χ1n) is 5.86. The van der Waals surface area contributed by atoms with Gasteiger partial charge in [0.15, 0.2) is 0 Å². The lowest BCUT2D eigenvalue weighted by Gasteiger charge is -2.07. The maximum Gasteiger partial charge on any atom is 0.251 e. The van der Waals surface area contributed by atoms with Gasteiger partial charge in [0.05, 0.1) is 6.54 Å². The van der Waals surface area contributed by atoms with E-state index < -0.39 is 0 Å². The molecule has 0 aliphatic rings. The Morgan fingerprint density at radius 2 is 1.94 bits per heavy atom. The number of hydrogen-bond acceptors (Lipinski definition) is 3. The van der Waals surface area contributed by atoms with E-state index in [2.05, 4.69) is 10.6 Å². The molecule has 0 unspecified atom stereocenters. The van der Waals surface area contributed by atoms with Crippen molar-refractivity contribution in [1.29, 1.82) is 0 Å². The van der Waals surface area contributed by atoms with Crippen LogP contribution in [0.2, 0.25) is 0 Å². The quantitative estimate of drug-likeness (QED) is 0.632. The minimum absolute atomic E-state index is 0.0375. The fraction of sp³-hybridized carbons (Fsp3) is 0.385. The highest BCUT2D eigenvalue weighted by Crippen LogP contribution is 2.05. The van der Waals surface area contributed by atoms with Crippen LogP contribution in [-0.2, 0) is 4.79 Å². The van der Waals surface area contributed by atoms with Crippen LogP contribution in [0, 0.1) is 6.92 Å². The molecule has 0 fully saturated rings. The first-order valence-corrected chi connectivity index (χ1v) is 5.86. The molecule has 0 aliphatic carbocycles. The van der Waals surface area contributed by atoms with Gasteiger partial charge in [0.2, 0.25) is 5.91 Å². The van der Waals surface area contributed by atoms with E-state index in [1.165, 1.54) is 0 Å². The van der Waals surface area contributed by atoms with Crippen LogP contribution in [-0.4, -0.2) is 36.6 Å². The number of nitrogens with one attached hydrogen (secondary N) is 2. The number of carbonyl (C=O) groups excluding carboxylic acids is 2. The number of carbonyl (C=O) groups is 2. The molecule has 0 aromatic heterocycles. The van der Waals surface area contributed by atoms with E-state index in [0.29, 0.717) is 18.5 Å². The van der Waals surface area contributed by atoms with Crippen molar-refractivity contribution < 1.29 is 14.7 Å². The molecule has 1 aromatic carbocycles. The predicted octanol–water partition coefficient (Wildman–Crippen LogP) is 0.223. The maximum absolute atomic E-state index is 11.8. The average Bonchev–Trinajstić information content (AvgIpc) is 2.37. The minimum Gasteiger partial charge on any atom is -0.396 e. The summed E-state index contributed by atoms with van der Waals surface area (Å²) in [4.78, 5) is 23.1. The van der Waals surface area contributed by atoms with Gasteiger partial charge in [-0.05, 0) is 25.0 Å². The van der Waals surface area contributed by atoms with E-state index in [-0.39, 0.29) is 25.0 Å². The molecule has 2 amide bonds. The highest BCUT2D eigenvalue weighted by molar-refractivity contribution is 5.97. The maximum atomic E-state index is 11.8. The molecule has 0 aliphatic heterocycles. The second-order valence-corrected chi connectivity index (χ2v) is 3.92. The molecule has 3 N–H and O–H groups in total. The summed E-state index contributed by atoms with van der Waals surface area (Å²) in [7, 11) is 0. The third kappa shape index (κ3) is 4.55. The van der Waals surface area contributed by atoms with Crippen molar-refractivity contribution in [1.82, 2.24) is 10.6 Å². The van der Waals surface area contributed by atoms with Crippen molar-refractivity contribution >= 4 is 11.8 Å². The van der Waals surface area contributed by atoms with Gasteiger partial charge in [-0.15, -0.1) is 0 Å². The fourth-order valence-corrected chi connectivity index (χ4v) is 1.45. The normalized spacial score (nSPS) is 9.89. The third-order valence-electron chi connectivity index (χ3n) is 2.46. The van der Waals surface area contributed by atoms with Crippen LogP contribution in [0.3, 0.4) is 0 Å². The summed E-state index contributed by atoms with van der Waals surface area (Å²) in [5.41, 5.74) is 1.44. The highest BCUT2D eigenvalue weighted by Gasteiger charge is 2.09. The van der Waals surface area contributed by atoms with Crippen molar-refractivity contribution in [2.24, 2.45) is 0 Å². The summed E-state index contributed by atoms with van der Waals surface area (Å²) in [6.45, 7) is 2.24. The van der Waals surface area contributed by atoms with E-state index in [1.807, 2.05) is 19.1 Å². The first kappa shape index (κ1) is 14.2. The molecule has 0 radical (unpaired) electrons. The predicted molar refractivity (Wildman–Crippen MR) is 68.2 cm³/mol. The Bertz CT molecular complexity index is 418. The van der Waals surface area contributed by atoms with E-state index in [1.54, 1.807) is 12.1 Å². The SMILES string of the molecule is Cc1ccccc1C(=O)NCC(=O)NCCCO. The first-order chi connectivity index (χ1) is 8.65. The topological polar surface area (TPSA) is 78.4 Å². The number of hydrogen-bond donors (Lipinski definition) is 3. The number of benzene rings is 1. The lowest BCUT2D eigenvalue weighted by atomic mass is 10.1. The molecule has 5 heteroatoms. The highest BCUT2D eigenvalue weighted by atomic mass is 16.3. The summed E-state index contributed by atoms with van der Waals surface area (Å²) < 4.78 is 0. The number of aliphatic hydroxyl groups is 1. The Kier molecular flexibility index (Phi) is 5.87. The molecule has 1 rings (SSSR count). The minimum atomic E-state index is -0.259. The van der Waals surface area contributed by atoms with E-state index in [9.17, 15) is 9.59 Å². The van der Waals surface area contributed by atoms with Gasteiger partial charge >= 0.3 is 0 Å². The molecule has 98 valence electrons. The molecule has 5 nitrogen and oxygen atoms in total. The number of rotatable bonds is 6. The van der Waals surface area contributed by atoms with E-state index >= 15 is 0 Å². The van der Waals surface area contributed by atoms with E-state index in [0.717, 1.165) is 5.56 Å². The monoisotopic (exact) mass is 250 g/mol. The number of amides is 2. The molecule has 0 saturated carbocycles. The van der Waals surface area contributed by atoms with Crippen molar-refractivity contribution in [3.8, 4) is 0 Å². The Balaban J connectivity index is 2.38. The van der Waals surface area contributed by atoms with Gasteiger partial charge in [0, 0.05) is 18.7 Å². The number of aliphatic hydroxyl groups excluding tert-OH is 1. The van der Waals surface area contributed by atoms with Gasteiger partial charge in [-0.1, -0.05) is 18.2 Å². The Hall–Kier alpha value is -1.88. The standard InChI is InChI=1S/C13H18N2O3/c1-10-5-2-3-6-11(10)13(18)15-9-12(17)14-7-4-8-16/h2-3,5-6,16H,4,7-9H2,1H3,(H,14,17)(H,15,18). The van der Waals surface area contributed by atoms with Crippen LogP contribution >= 0.6 is 0 Å². The van der Waals surface area contributed by atoms with Gasteiger partial charge in [-0.2, -0.15) is 0 Å². The zero-order chi connectivity index (χ0) is 13.4. The van der Waals surface area contributed by atoms with Crippen molar-refractivity contribution in [3.63, 3.8) is 0 Å². The largest absolute Gasteiger partial charge is 0.396 e. The third-order valence-corrected chi connectivity index (χ3v) is 2.46. The van der Waals surface area contributed by atoms with Crippen LogP contribution in [0.25, 0.3) is 0 Å². The van der Waals surface area contributed by atoms with Crippen molar-refractivity contribution in [2.45, 2.75) is 13.3 Å². The second kappa shape index (κ2) is 7.45. The molecule has 18 heavy (non-hydrogen) atoms. The molecule has 0 atom stereocenters. The Labute approximate surface area is 106 Å². The summed E-state index contributed by atoms with van der Waals surface area (Å²) in [5.74, 6) is -0.518. The van der Waals surface area contributed by atoms with Gasteiger partial charge in [0.25, 0.3) is 5.91 Å². The van der Waals surface area contributed by atoms with Crippen LogP contribution in [0.4, 0.5) is 0 Å². The molecular formula is C13H18N2O3. The van der Waals surface area contributed by atoms with Gasteiger partial charge in [-0.3, -0.25) is 9.59 Å². The van der Waals surface area contributed by atoms with E-state index in [4.69, 9.17) is 5.11 Å². The van der Waals surface area contributed by atoms with Crippen LogP contribution in [0.5, 0.6) is 0 Å². The molecular weight excluding hydrogens is 232 g/mol. The molecule has 1 aromatic rings. The van der Waals surface area contributed by atoms with Crippen molar-refractivity contribution in [2.75, 3.05) is 19.7 Å². The smallest absolute Gasteiger partial charge is 0.251 e. The molecule has 0 bridgehead atoms. The lowest BCUT2D eigenvalue weighted by molar-refractivity contribution is -0.120. The average molecular weight is 250 g/mol. The van der Waals surface area contributed by atoms with Gasteiger partial charge in [-0.25, -0.2) is 0 Å². The molecule has 0 heterocycles. The zero-order valence-electron chi connectivity index (χ0n) is 10.4. The van der Waals surface area contributed by atoms with Crippen LogP contribution in [0.1, 0.15) is 22.3 Å². The summed E-state index contributed by atoms with van der Waals surface area (Å²) in [6, 6.07) is 7.20. The van der Waals surface area contributed by atoms with Crippen LogP contribution in [0.15, 0.2) is 24.3 Å². The molecule has 0 spiro atoms. The Morgan fingerprint density at radius 3 is 2.61 bits per heavy atom. The number of aryl methyl sites for hydroxylation is 1.